The fourth-order valence-electron chi connectivity index (χ4n) is 2.75. The van der Waals surface area contributed by atoms with Crippen molar-refractivity contribution in [3.8, 4) is 0 Å². The molecule has 24 heavy (non-hydrogen) atoms. The second-order valence-corrected chi connectivity index (χ2v) is 5.93. The molecule has 0 aliphatic rings. The van der Waals surface area contributed by atoms with Gasteiger partial charge in [0.05, 0.1) is 10.6 Å². The number of rotatable bonds is 4. The smallest absolute Gasteiger partial charge is 0.252 e. The van der Waals surface area contributed by atoms with Crippen LogP contribution in [0.25, 0.3) is 10.9 Å². The molecular formula is C18H15ClF2N2O. The lowest BCUT2D eigenvalue weighted by atomic mass is 10.1. The Bertz CT molecular complexity index is 921. The van der Waals surface area contributed by atoms with E-state index in [1.165, 1.54) is 0 Å². The number of halogens is 3. The molecule has 3 rings (SSSR count). The van der Waals surface area contributed by atoms with Gasteiger partial charge in [0.2, 0.25) is 0 Å². The van der Waals surface area contributed by atoms with Gasteiger partial charge in [-0.15, -0.1) is 0 Å². The average Bonchev–Trinajstić information content (AvgIpc) is 2.86. The molecule has 0 bridgehead atoms. The molecule has 124 valence electrons. The molecule has 0 unspecified atom stereocenters. The molecule has 0 spiro atoms. The van der Waals surface area contributed by atoms with E-state index >= 15 is 0 Å². The summed E-state index contributed by atoms with van der Waals surface area (Å²) in [6.45, 7) is 2.33. The Morgan fingerprint density at radius 1 is 1.21 bits per heavy atom. The number of fused-ring (bicyclic) bond motifs is 1. The fraction of sp³-hybridized carbons (Fsp3) is 0.167. The molecule has 1 amide bonds. The average molecular weight is 349 g/mol. The van der Waals surface area contributed by atoms with Crippen LogP contribution in [-0.2, 0) is 6.42 Å². The van der Waals surface area contributed by atoms with Crippen LogP contribution < -0.4 is 5.32 Å². The van der Waals surface area contributed by atoms with Gasteiger partial charge >= 0.3 is 0 Å². The van der Waals surface area contributed by atoms with Gasteiger partial charge in [0.1, 0.15) is 0 Å². The van der Waals surface area contributed by atoms with Crippen molar-refractivity contribution in [2.75, 3.05) is 6.54 Å². The standard InChI is InChI=1S/C18H15ClF2N2O/c1-10-11(12-4-2-3-5-17(12)23-10)6-7-22-18(24)13-8-15(20)16(21)9-14(13)19/h2-5,8-9,23H,6-7H2,1H3,(H,22,24). The summed E-state index contributed by atoms with van der Waals surface area (Å²) in [6.07, 6.45) is 0.614. The number of aromatic amines is 1. The Hall–Kier alpha value is -2.40. The molecule has 2 N–H and O–H groups in total. The van der Waals surface area contributed by atoms with Crippen molar-refractivity contribution in [2.24, 2.45) is 0 Å². The highest BCUT2D eigenvalue weighted by molar-refractivity contribution is 6.33. The van der Waals surface area contributed by atoms with Crippen molar-refractivity contribution in [1.82, 2.24) is 10.3 Å². The van der Waals surface area contributed by atoms with Crippen LogP contribution in [0.4, 0.5) is 8.78 Å². The molecule has 2 aromatic carbocycles. The Labute approximate surface area is 142 Å². The third-order valence-corrected chi connectivity index (χ3v) is 4.25. The lowest BCUT2D eigenvalue weighted by Crippen LogP contribution is -2.26. The number of hydrogen-bond acceptors (Lipinski definition) is 1. The maximum absolute atomic E-state index is 13.3. The maximum atomic E-state index is 13.3. The zero-order valence-electron chi connectivity index (χ0n) is 12.9. The number of aromatic nitrogens is 1. The highest BCUT2D eigenvalue weighted by Crippen LogP contribution is 2.22. The van der Waals surface area contributed by atoms with Gasteiger partial charge in [-0.1, -0.05) is 29.8 Å². The SMILES string of the molecule is Cc1[nH]c2ccccc2c1CCNC(=O)c1cc(F)c(F)cc1Cl. The quantitative estimate of drug-likeness (QED) is 0.675. The topological polar surface area (TPSA) is 44.9 Å². The van der Waals surface area contributed by atoms with E-state index in [0.717, 1.165) is 34.3 Å². The summed E-state index contributed by atoms with van der Waals surface area (Å²) < 4.78 is 26.3. The largest absolute Gasteiger partial charge is 0.358 e. The molecule has 0 saturated carbocycles. The van der Waals surface area contributed by atoms with Crippen molar-refractivity contribution in [1.29, 1.82) is 0 Å². The number of carbonyl (C=O) groups is 1. The highest BCUT2D eigenvalue weighted by Gasteiger charge is 2.15. The van der Waals surface area contributed by atoms with Crippen LogP contribution in [0.5, 0.6) is 0 Å². The van der Waals surface area contributed by atoms with Gasteiger partial charge in [0.25, 0.3) is 5.91 Å². The van der Waals surface area contributed by atoms with Gasteiger partial charge in [0, 0.05) is 23.1 Å². The minimum atomic E-state index is -1.10. The summed E-state index contributed by atoms with van der Waals surface area (Å²) in [5, 5.41) is 3.68. The predicted octanol–water partition coefficient (Wildman–Crippen LogP) is 4.38. The van der Waals surface area contributed by atoms with Crippen LogP contribution in [0, 0.1) is 18.6 Å². The van der Waals surface area contributed by atoms with Gasteiger partial charge in [-0.05, 0) is 37.1 Å². The minimum Gasteiger partial charge on any atom is -0.358 e. The molecule has 0 atom stereocenters. The predicted molar refractivity (Wildman–Crippen MR) is 90.4 cm³/mol. The van der Waals surface area contributed by atoms with E-state index in [1.54, 1.807) is 0 Å². The van der Waals surface area contributed by atoms with Crippen LogP contribution in [0.2, 0.25) is 5.02 Å². The molecule has 6 heteroatoms. The van der Waals surface area contributed by atoms with E-state index in [1.807, 2.05) is 31.2 Å². The summed E-state index contributed by atoms with van der Waals surface area (Å²) in [7, 11) is 0. The summed E-state index contributed by atoms with van der Waals surface area (Å²) in [4.78, 5) is 15.4. The second kappa shape index (κ2) is 6.61. The van der Waals surface area contributed by atoms with E-state index in [-0.39, 0.29) is 10.6 Å². The number of carbonyl (C=O) groups excluding carboxylic acids is 1. The first-order valence-electron chi connectivity index (χ1n) is 7.46. The number of amides is 1. The molecular weight excluding hydrogens is 334 g/mol. The van der Waals surface area contributed by atoms with E-state index in [0.29, 0.717) is 13.0 Å². The molecule has 3 nitrogen and oxygen atoms in total. The third-order valence-electron chi connectivity index (χ3n) is 3.94. The lowest BCUT2D eigenvalue weighted by molar-refractivity contribution is 0.0953. The Kier molecular flexibility index (Phi) is 4.53. The minimum absolute atomic E-state index is 0.0776. The van der Waals surface area contributed by atoms with Gasteiger partial charge in [0.15, 0.2) is 11.6 Å². The molecule has 3 aromatic rings. The van der Waals surface area contributed by atoms with E-state index in [9.17, 15) is 13.6 Å². The first kappa shape index (κ1) is 16.5. The van der Waals surface area contributed by atoms with E-state index in [4.69, 9.17) is 11.6 Å². The van der Waals surface area contributed by atoms with Crippen molar-refractivity contribution in [2.45, 2.75) is 13.3 Å². The van der Waals surface area contributed by atoms with Crippen molar-refractivity contribution in [3.05, 3.63) is 69.9 Å². The molecule has 0 aliphatic heterocycles. The highest BCUT2D eigenvalue weighted by atomic mass is 35.5. The van der Waals surface area contributed by atoms with Crippen LogP contribution in [-0.4, -0.2) is 17.4 Å². The fourth-order valence-corrected chi connectivity index (χ4v) is 2.99. The Morgan fingerprint density at radius 2 is 1.92 bits per heavy atom. The molecule has 0 radical (unpaired) electrons. The van der Waals surface area contributed by atoms with Gasteiger partial charge in [-0.3, -0.25) is 4.79 Å². The number of hydrogen-bond donors (Lipinski definition) is 2. The Balaban J connectivity index is 1.71. The first-order valence-corrected chi connectivity index (χ1v) is 7.84. The molecule has 0 aliphatic carbocycles. The van der Waals surface area contributed by atoms with E-state index < -0.39 is 17.5 Å². The van der Waals surface area contributed by atoms with Crippen LogP contribution in [0.3, 0.4) is 0 Å². The number of benzene rings is 2. The Morgan fingerprint density at radius 3 is 2.71 bits per heavy atom. The molecule has 1 heterocycles. The molecule has 1 aromatic heterocycles. The zero-order valence-corrected chi connectivity index (χ0v) is 13.7. The van der Waals surface area contributed by atoms with Crippen LogP contribution >= 0.6 is 11.6 Å². The number of H-pyrrole nitrogens is 1. The molecule has 0 saturated heterocycles. The normalized spacial score (nSPS) is 11.0. The monoisotopic (exact) mass is 348 g/mol. The van der Waals surface area contributed by atoms with Crippen molar-refractivity contribution in [3.63, 3.8) is 0 Å². The zero-order chi connectivity index (χ0) is 17.3. The second-order valence-electron chi connectivity index (χ2n) is 5.53. The summed E-state index contributed by atoms with van der Waals surface area (Å²) in [5.74, 6) is -2.71. The molecule has 0 fully saturated rings. The van der Waals surface area contributed by atoms with Crippen molar-refractivity contribution >= 4 is 28.4 Å². The van der Waals surface area contributed by atoms with Gasteiger partial charge in [-0.25, -0.2) is 8.78 Å². The summed E-state index contributed by atoms with van der Waals surface area (Å²) in [6, 6.07) is 9.53. The maximum Gasteiger partial charge on any atom is 0.252 e. The van der Waals surface area contributed by atoms with Crippen LogP contribution in [0.1, 0.15) is 21.6 Å². The number of aryl methyl sites for hydroxylation is 1. The summed E-state index contributed by atoms with van der Waals surface area (Å²) >= 11 is 5.81. The van der Waals surface area contributed by atoms with Crippen LogP contribution in [0.15, 0.2) is 36.4 Å². The lowest BCUT2D eigenvalue weighted by Gasteiger charge is -2.08. The van der Waals surface area contributed by atoms with Crippen molar-refractivity contribution < 1.29 is 13.6 Å². The third kappa shape index (κ3) is 3.12. The van der Waals surface area contributed by atoms with E-state index in [2.05, 4.69) is 10.3 Å². The number of nitrogens with one attached hydrogen (secondary N) is 2. The van der Waals surface area contributed by atoms with Gasteiger partial charge in [-0.2, -0.15) is 0 Å². The summed E-state index contributed by atoms with van der Waals surface area (Å²) in [5.41, 5.74) is 3.12. The van der Waals surface area contributed by atoms with Gasteiger partial charge < -0.3 is 10.3 Å². The number of para-hydroxylation sites is 1. The first-order chi connectivity index (χ1) is 11.5.